The molecular formula is C23H23O2P. The Balaban J connectivity index is 2.12. The molecule has 0 radical (unpaired) electrons. The Hall–Kier alpha value is -2.44. The molecule has 1 atom stereocenters. The highest BCUT2D eigenvalue weighted by Gasteiger charge is 2.20. The largest absolute Gasteiger partial charge is 0.317 e. The van der Waals surface area contributed by atoms with Crippen molar-refractivity contribution in [1.29, 1.82) is 0 Å². The van der Waals surface area contributed by atoms with Crippen LogP contribution in [-0.2, 0) is 4.57 Å². The van der Waals surface area contributed by atoms with E-state index in [1.54, 1.807) is 6.07 Å². The Kier molecular flexibility index (Phi) is 5.25. The number of carbonyl (C=O) groups excluding carboxylic acids is 1. The van der Waals surface area contributed by atoms with E-state index in [9.17, 15) is 9.36 Å². The van der Waals surface area contributed by atoms with E-state index in [-0.39, 0.29) is 5.78 Å². The van der Waals surface area contributed by atoms with Gasteiger partial charge in [0.2, 0.25) is 0 Å². The van der Waals surface area contributed by atoms with Gasteiger partial charge in [-0.2, -0.15) is 0 Å². The van der Waals surface area contributed by atoms with E-state index in [0.717, 1.165) is 22.0 Å². The molecule has 0 fully saturated rings. The molecule has 0 aliphatic carbocycles. The maximum absolute atomic E-state index is 13.3. The number of rotatable bonds is 4. The van der Waals surface area contributed by atoms with E-state index in [2.05, 4.69) is 6.92 Å². The Morgan fingerprint density at radius 1 is 0.731 bits per heavy atom. The lowest BCUT2D eigenvalue weighted by molar-refractivity contribution is 0.103. The van der Waals surface area contributed by atoms with Crippen molar-refractivity contribution in [3.8, 4) is 0 Å². The minimum atomic E-state index is -2.24. The summed E-state index contributed by atoms with van der Waals surface area (Å²) in [4.78, 5) is 13.3. The summed E-state index contributed by atoms with van der Waals surface area (Å²) in [6.45, 7) is 8.14. The SMILES string of the molecule is Cc1cc(C(=O)c2ccccc2[PH](=O)c2ccccc2)c(C)c(C)c1C. The molecule has 0 amide bonds. The van der Waals surface area contributed by atoms with E-state index < -0.39 is 7.80 Å². The molecule has 3 rings (SSSR count). The summed E-state index contributed by atoms with van der Waals surface area (Å²) in [5.41, 5.74) is 5.68. The third-order valence-electron chi connectivity index (χ3n) is 5.18. The van der Waals surface area contributed by atoms with Crippen LogP contribution in [0.3, 0.4) is 0 Å². The van der Waals surface area contributed by atoms with Gasteiger partial charge in [-0.05, 0) is 56.0 Å². The summed E-state index contributed by atoms with van der Waals surface area (Å²) in [7, 11) is -2.24. The fraction of sp³-hybridized carbons (Fsp3) is 0.174. The topological polar surface area (TPSA) is 34.1 Å². The average Bonchev–Trinajstić information content (AvgIpc) is 2.68. The van der Waals surface area contributed by atoms with Gasteiger partial charge in [0.1, 0.15) is 7.80 Å². The van der Waals surface area contributed by atoms with Crippen LogP contribution in [0.1, 0.15) is 38.2 Å². The van der Waals surface area contributed by atoms with Crippen LogP contribution in [0.25, 0.3) is 0 Å². The second-order valence-corrected chi connectivity index (χ2v) is 8.46. The molecule has 0 bridgehead atoms. The number of hydrogen-bond donors (Lipinski definition) is 0. The summed E-state index contributed by atoms with van der Waals surface area (Å²) < 4.78 is 13.1. The number of hydrogen-bond acceptors (Lipinski definition) is 2. The van der Waals surface area contributed by atoms with Gasteiger partial charge in [0, 0.05) is 21.7 Å². The molecule has 2 nitrogen and oxygen atoms in total. The normalized spacial score (nSPS) is 12.0. The highest BCUT2D eigenvalue weighted by molar-refractivity contribution is 7.61. The van der Waals surface area contributed by atoms with Crippen LogP contribution in [-0.4, -0.2) is 5.78 Å². The van der Waals surface area contributed by atoms with Crippen molar-refractivity contribution in [3.63, 3.8) is 0 Å². The van der Waals surface area contributed by atoms with Crippen molar-refractivity contribution in [2.24, 2.45) is 0 Å². The van der Waals surface area contributed by atoms with Gasteiger partial charge in [-0.25, -0.2) is 0 Å². The van der Waals surface area contributed by atoms with Crippen molar-refractivity contribution in [1.82, 2.24) is 0 Å². The standard InChI is InChI=1S/C23H23O2P/c1-15-14-21(18(4)17(3)16(15)2)23(24)20-12-8-9-13-22(20)26(25)19-10-6-5-7-11-19/h5-14,26H,1-4H3. The van der Waals surface area contributed by atoms with Crippen LogP contribution in [0, 0.1) is 27.7 Å². The van der Waals surface area contributed by atoms with E-state index in [1.807, 2.05) is 75.4 Å². The Morgan fingerprint density at radius 3 is 2.04 bits per heavy atom. The lowest BCUT2D eigenvalue weighted by Crippen LogP contribution is -2.18. The molecule has 3 aromatic carbocycles. The van der Waals surface area contributed by atoms with Gasteiger partial charge in [-0.3, -0.25) is 4.79 Å². The van der Waals surface area contributed by atoms with Crippen molar-refractivity contribution in [3.05, 3.63) is 94.0 Å². The quantitative estimate of drug-likeness (QED) is 0.500. The second kappa shape index (κ2) is 7.43. The molecule has 0 aliphatic rings. The lowest BCUT2D eigenvalue weighted by Gasteiger charge is -2.15. The molecular weight excluding hydrogens is 339 g/mol. The molecule has 0 N–H and O–H groups in total. The highest BCUT2D eigenvalue weighted by Crippen LogP contribution is 2.26. The molecule has 1 unspecified atom stereocenters. The fourth-order valence-corrected chi connectivity index (χ4v) is 4.71. The molecule has 0 saturated heterocycles. The fourth-order valence-electron chi connectivity index (χ4n) is 3.22. The van der Waals surface area contributed by atoms with Crippen molar-refractivity contribution < 1.29 is 9.36 Å². The summed E-state index contributed by atoms with van der Waals surface area (Å²) >= 11 is 0. The molecule has 0 aliphatic heterocycles. The zero-order chi connectivity index (χ0) is 18.8. The predicted molar refractivity (Wildman–Crippen MR) is 110 cm³/mol. The summed E-state index contributed by atoms with van der Waals surface area (Å²) in [6.07, 6.45) is 0. The summed E-state index contributed by atoms with van der Waals surface area (Å²) in [6, 6.07) is 18.6. The van der Waals surface area contributed by atoms with Crippen LogP contribution in [0.4, 0.5) is 0 Å². The van der Waals surface area contributed by atoms with Gasteiger partial charge >= 0.3 is 0 Å². The molecule has 0 spiro atoms. The molecule has 0 saturated carbocycles. The third kappa shape index (κ3) is 3.30. The molecule has 3 heteroatoms. The third-order valence-corrected chi connectivity index (χ3v) is 6.96. The van der Waals surface area contributed by atoms with Crippen LogP contribution in [0.5, 0.6) is 0 Å². The number of ketones is 1. The zero-order valence-electron chi connectivity index (χ0n) is 15.6. The molecule has 132 valence electrons. The van der Waals surface area contributed by atoms with Crippen LogP contribution in [0.2, 0.25) is 0 Å². The minimum Gasteiger partial charge on any atom is -0.317 e. The van der Waals surface area contributed by atoms with E-state index in [0.29, 0.717) is 16.4 Å². The van der Waals surface area contributed by atoms with Crippen LogP contribution in [0.15, 0.2) is 60.7 Å². The van der Waals surface area contributed by atoms with Gasteiger partial charge in [0.05, 0.1) is 0 Å². The Bertz CT molecular complexity index is 1000. The highest BCUT2D eigenvalue weighted by atomic mass is 31.1. The second-order valence-electron chi connectivity index (χ2n) is 6.69. The van der Waals surface area contributed by atoms with Crippen molar-refractivity contribution >= 4 is 24.2 Å². The predicted octanol–water partition coefficient (Wildman–Crippen LogP) is 4.66. The van der Waals surface area contributed by atoms with E-state index >= 15 is 0 Å². The Labute approximate surface area is 155 Å². The number of carbonyl (C=O) groups is 1. The van der Waals surface area contributed by atoms with Gasteiger partial charge in [-0.15, -0.1) is 0 Å². The first kappa shape index (κ1) is 18.4. The maximum atomic E-state index is 13.3. The van der Waals surface area contributed by atoms with Crippen LogP contribution < -0.4 is 10.6 Å². The van der Waals surface area contributed by atoms with Gasteiger partial charge in [0.25, 0.3) is 0 Å². The summed E-state index contributed by atoms with van der Waals surface area (Å²) in [5, 5.41) is 1.40. The first-order valence-corrected chi connectivity index (χ1v) is 10.1. The van der Waals surface area contributed by atoms with E-state index in [4.69, 9.17) is 0 Å². The van der Waals surface area contributed by atoms with Gasteiger partial charge in [-0.1, -0.05) is 54.6 Å². The molecule has 0 aromatic heterocycles. The number of aryl methyl sites for hydroxylation is 1. The average molecular weight is 362 g/mol. The Morgan fingerprint density at radius 2 is 1.35 bits per heavy atom. The molecule has 3 aromatic rings. The monoisotopic (exact) mass is 362 g/mol. The van der Waals surface area contributed by atoms with Gasteiger partial charge < -0.3 is 4.57 Å². The number of benzene rings is 3. The van der Waals surface area contributed by atoms with Gasteiger partial charge in [0.15, 0.2) is 5.78 Å². The molecule has 0 heterocycles. The summed E-state index contributed by atoms with van der Waals surface area (Å²) in [5.74, 6) is -0.0569. The minimum absolute atomic E-state index is 0.0569. The van der Waals surface area contributed by atoms with Crippen molar-refractivity contribution in [2.45, 2.75) is 27.7 Å². The smallest absolute Gasteiger partial charge is 0.194 e. The maximum Gasteiger partial charge on any atom is 0.194 e. The first-order valence-electron chi connectivity index (χ1n) is 8.72. The van der Waals surface area contributed by atoms with E-state index in [1.165, 1.54) is 5.56 Å². The lowest BCUT2D eigenvalue weighted by atomic mass is 9.90. The molecule has 26 heavy (non-hydrogen) atoms. The van der Waals surface area contributed by atoms with Crippen molar-refractivity contribution in [2.75, 3.05) is 0 Å². The van der Waals surface area contributed by atoms with Crippen LogP contribution >= 0.6 is 7.80 Å². The first-order chi connectivity index (χ1) is 12.4. The zero-order valence-corrected chi connectivity index (χ0v) is 16.6.